The summed E-state index contributed by atoms with van der Waals surface area (Å²) in [6.45, 7) is 11.1. The third-order valence-corrected chi connectivity index (χ3v) is 2.04. The van der Waals surface area contributed by atoms with Gasteiger partial charge in [0.1, 0.15) is 0 Å². The third kappa shape index (κ3) is 9.47. The maximum Gasteiger partial charge on any atom is 0.0174 e. The Morgan fingerprint density at radius 2 is 1.46 bits per heavy atom. The molecule has 0 N–H and O–H groups in total. The summed E-state index contributed by atoms with van der Waals surface area (Å²) in [4.78, 5) is 0. The number of hydrogen-bond acceptors (Lipinski definition) is 0. The molecule has 0 fully saturated rings. The Hall–Kier alpha value is -0.440. The Morgan fingerprint density at radius 1 is 0.846 bits per heavy atom. The van der Waals surface area contributed by atoms with Crippen LogP contribution >= 0.6 is 0 Å². The van der Waals surface area contributed by atoms with Crippen molar-refractivity contribution < 1.29 is 0 Å². The summed E-state index contributed by atoms with van der Waals surface area (Å²) in [7, 11) is 0. The number of hydrogen-bond donors (Lipinski definition) is 0. The standard InChI is InChI=1S/C13H24/c1-11(2)7-6-8-13(5)10-9-12(3)4/h11-13H,6-8H2,1-5H3/t13-/m0/s1. The predicted octanol–water partition coefficient (Wildman–Crippen LogP) is 4.11. The van der Waals surface area contributed by atoms with E-state index in [1.165, 1.54) is 19.3 Å². The van der Waals surface area contributed by atoms with Gasteiger partial charge in [-0.2, -0.15) is 0 Å². The van der Waals surface area contributed by atoms with Crippen LogP contribution in [0.5, 0.6) is 0 Å². The molecule has 0 nitrogen and oxygen atoms in total. The van der Waals surface area contributed by atoms with Gasteiger partial charge in [0.05, 0.1) is 0 Å². The fraction of sp³-hybridized carbons (Fsp3) is 0.846. The number of rotatable bonds is 4. The lowest BCUT2D eigenvalue weighted by atomic mass is 9.99. The lowest BCUT2D eigenvalue weighted by Crippen LogP contribution is -1.94. The topological polar surface area (TPSA) is 0 Å². The van der Waals surface area contributed by atoms with Crippen molar-refractivity contribution >= 4 is 0 Å². The summed E-state index contributed by atoms with van der Waals surface area (Å²) in [6.07, 6.45) is 3.93. The smallest absolute Gasteiger partial charge is 0.0174 e. The van der Waals surface area contributed by atoms with E-state index < -0.39 is 0 Å². The van der Waals surface area contributed by atoms with E-state index in [1.807, 2.05) is 0 Å². The molecule has 0 heteroatoms. The van der Waals surface area contributed by atoms with Gasteiger partial charge in [-0.25, -0.2) is 0 Å². The van der Waals surface area contributed by atoms with Gasteiger partial charge in [0.2, 0.25) is 0 Å². The van der Waals surface area contributed by atoms with Gasteiger partial charge in [-0.15, -0.1) is 5.92 Å². The molecule has 0 saturated heterocycles. The molecule has 0 radical (unpaired) electrons. The van der Waals surface area contributed by atoms with E-state index in [0.29, 0.717) is 11.8 Å². The molecule has 0 amide bonds. The van der Waals surface area contributed by atoms with Crippen LogP contribution in [0.25, 0.3) is 0 Å². The summed E-state index contributed by atoms with van der Waals surface area (Å²) in [5.41, 5.74) is 0. The molecule has 0 aliphatic rings. The van der Waals surface area contributed by atoms with Crippen LogP contribution in [0.2, 0.25) is 0 Å². The van der Waals surface area contributed by atoms with Crippen LogP contribution in [0, 0.1) is 29.6 Å². The Kier molecular flexibility index (Phi) is 6.77. The van der Waals surface area contributed by atoms with Gasteiger partial charge >= 0.3 is 0 Å². The van der Waals surface area contributed by atoms with Gasteiger partial charge in [0.15, 0.2) is 0 Å². The Labute approximate surface area is 84.1 Å². The van der Waals surface area contributed by atoms with Crippen LogP contribution in [-0.2, 0) is 0 Å². The molecular weight excluding hydrogens is 156 g/mol. The van der Waals surface area contributed by atoms with E-state index in [9.17, 15) is 0 Å². The molecule has 76 valence electrons. The monoisotopic (exact) mass is 180 g/mol. The second-order valence-corrected chi connectivity index (χ2v) is 4.67. The van der Waals surface area contributed by atoms with Crippen molar-refractivity contribution in [2.24, 2.45) is 17.8 Å². The van der Waals surface area contributed by atoms with Crippen molar-refractivity contribution in [3.8, 4) is 11.8 Å². The first-order valence-corrected chi connectivity index (χ1v) is 5.53. The highest BCUT2D eigenvalue weighted by molar-refractivity contribution is 5.04. The highest BCUT2D eigenvalue weighted by atomic mass is 14.0. The molecule has 13 heavy (non-hydrogen) atoms. The van der Waals surface area contributed by atoms with Crippen molar-refractivity contribution in [3.05, 3.63) is 0 Å². The third-order valence-electron chi connectivity index (χ3n) is 2.04. The van der Waals surface area contributed by atoms with E-state index in [2.05, 4.69) is 46.5 Å². The quantitative estimate of drug-likeness (QED) is 0.571. The SMILES string of the molecule is CC(C)C#C[C@@H](C)CCCC(C)C. The molecule has 0 spiro atoms. The van der Waals surface area contributed by atoms with Crippen molar-refractivity contribution in [3.63, 3.8) is 0 Å². The van der Waals surface area contributed by atoms with Crippen LogP contribution < -0.4 is 0 Å². The minimum Gasteiger partial charge on any atom is -0.100 e. The van der Waals surface area contributed by atoms with Crippen molar-refractivity contribution in [2.75, 3.05) is 0 Å². The second-order valence-electron chi connectivity index (χ2n) is 4.67. The van der Waals surface area contributed by atoms with E-state index in [-0.39, 0.29) is 0 Å². The maximum atomic E-state index is 3.31. The van der Waals surface area contributed by atoms with E-state index in [0.717, 1.165) is 5.92 Å². The van der Waals surface area contributed by atoms with Crippen LogP contribution in [0.15, 0.2) is 0 Å². The summed E-state index contributed by atoms with van der Waals surface area (Å²) >= 11 is 0. The van der Waals surface area contributed by atoms with Gasteiger partial charge in [-0.3, -0.25) is 0 Å². The Balaban J connectivity index is 3.53. The minimum atomic E-state index is 0.521. The molecule has 0 aromatic heterocycles. The maximum absolute atomic E-state index is 3.31. The molecule has 0 aromatic carbocycles. The van der Waals surface area contributed by atoms with E-state index in [4.69, 9.17) is 0 Å². The summed E-state index contributed by atoms with van der Waals surface area (Å²) in [5.74, 6) is 8.48. The molecule has 0 aliphatic heterocycles. The Bertz CT molecular complexity index is 166. The molecule has 0 heterocycles. The molecule has 0 unspecified atom stereocenters. The minimum absolute atomic E-state index is 0.521. The van der Waals surface area contributed by atoms with Gasteiger partial charge in [0.25, 0.3) is 0 Å². The zero-order valence-corrected chi connectivity index (χ0v) is 9.85. The van der Waals surface area contributed by atoms with Crippen LogP contribution in [-0.4, -0.2) is 0 Å². The van der Waals surface area contributed by atoms with Crippen LogP contribution in [0.4, 0.5) is 0 Å². The molecule has 0 aromatic rings. The fourth-order valence-electron chi connectivity index (χ4n) is 1.21. The molecule has 1 atom stereocenters. The molecule has 0 saturated carbocycles. The van der Waals surface area contributed by atoms with Crippen LogP contribution in [0.3, 0.4) is 0 Å². The molecule has 0 rings (SSSR count). The molecular formula is C13H24. The Morgan fingerprint density at radius 3 is 1.92 bits per heavy atom. The van der Waals surface area contributed by atoms with Gasteiger partial charge in [-0.1, -0.05) is 53.4 Å². The lowest BCUT2D eigenvalue weighted by molar-refractivity contribution is 0.507. The normalized spacial score (nSPS) is 12.8. The highest BCUT2D eigenvalue weighted by Gasteiger charge is 1.99. The average molecular weight is 180 g/mol. The van der Waals surface area contributed by atoms with Gasteiger partial charge in [0, 0.05) is 11.8 Å². The van der Waals surface area contributed by atoms with E-state index in [1.54, 1.807) is 0 Å². The average Bonchev–Trinajstić information content (AvgIpc) is 2.00. The second kappa shape index (κ2) is 7.01. The lowest BCUT2D eigenvalue weighted by Gasteiger charge is -2.06. The zero-order valence-electron chi connectivity index (χ0n) is 9.85. The molecule has 0 bridgehead atoms. The van der Waals surface area contributed by atoms with Crippen molar-refractivity contribution in [1.82, 2.24) is 0 Å². The summed E-state index contributed by atoms with van der Waals surface area (Å²) in [6, 6.07) is 0. The summed E-state index contributed by atoms with van der Waals surface area (Å²) < 4.78 is 0. The first-order valence-electron chi connectivity index (χ1n) is 5.53. The first kappa shape index (κ1) is 12.6. The predicted molar refractivity (Wildman–Crippen MR) is 60.5 cm³/mol. The first-order chi connectivity index (χ1) is 6.02. The van der Waals surface area contributed by atoms with Crippen molar-refractivity contribution in [1.29, 1.82) is 0 Å². The summed E-state index contributed by atoms with van der Waals surface area (Å²) in [5, 5.41) is 0. The zero-order chi connectivity index (χ0) is 10.3. The largest absolute Gasteiger partial charge is 0.100 e. The van der Waals surface area contributed by atoms with Crippen LogP contribution in [0.1, 0.15) is 53.9 Å². The van der Waals surface area contributed by atoms with Gasteiger partial charge < -0.3 is 0 Å². The fourth-order valence-corrected chi connectivity index (χ4v) is 1.21. The van der Waals surface area contributed by atoms with E-state index >= 15 is 0 Å². The van der Waals surface area contributed by atoms with Crippen molar-refractivity contribution in [2.45, 2.75) is 53.9 Å². The molecule has 0 aliphatic carbocycles. The van der Waals surface area contributed by atoms with Gasteiger partial charge in [-0.05, 0) is 12.3 Å². The highest BCUT2D eigenvalue weighted by Crippen LogP contribution is 2.11.